The van der Waals surface area contributed by atoms with Crippen molar-refractivity contribution in [3.8, 4) is 0 Å². The molecule has 2 aromatic carbocycles. The molecule has 4 nitrogen and oxygen atoms in total. The number of carbonyl (C=O) groups excluding carboxylic acids is 1. The maximum absolute atomic E-state index is 12.3. The molecule has 1 aliphatic heterocycles. The van der Waals surface area contributed by atoms with Crippen LogP contribution in [0.25, 0.3) is 0 Å². The van der Waals surface area contributed by atoms with Crippen molar-refractivity contribution < 1.29 is 4.79 Å². The lowest BCUT2D eigenvalue weighted by Gasteiger charge is -2.36. The van der Waals surface area contributed by atoms with E-state index in [9.17, 15) is 4.79 Å². The number of aryl methyl sites for hydroxylation is 2. The first kappa shape index (κ1) is 17.8. The Balaban J connectivity index is 1.52. The number of anilines is 2. The molecular weight excluding hydrogens is 334 g/mol. The molecule has 1 heterocycles. The van der Waals surface area contributed by atoms with Gasteiger partial charge in [-0.25, -0.2) is 0 Å². The Morgan fingerprint density at radius 2 is 1.80 bits per heavy atom. The van der Waals surface area contributed by atoms with Gasteiger partial charge in [-0.2, -0.15) is 0 Å². The fourth-order valence-electron chi connectivity index (χ4n) is 3.20. The highest BCUT2D eigenvalue weighted by molar-refractivity contribution is 6.33. The highest BCUT2D eigenvalue weighted by atomic mass is 35.5. The van der Waals surface area contributed by atoms with E-state index < -0.39 is 0 Å². The SMILES string of the molecule is Cc1ccc(NC(=O)CN2CCN(c3ccccc3Cl)CC2)c(C)c1. The minimum absolute atomic E-state index is 0.0400. The molecule has 0 aromatic heterocycles. The summed E-state index contributed by atoms with van der Waals surface area (Å²) in [5.41, 5.74) is 4.26. The standard InChI is InChI=1S/C20H24ClN3O/c1-15-7-8-18(16(2)13-15)22-20(25)14-23-9-11-24(12-10-23)19-6-4-3-5-17(19)21/h3-8,13H,9-12,14H2,1-2H3,(H,22,25). The van der Waals surface area contributed by atoms with E-state index in [0.29, 0.717) is 6.54 Å². The smallest absolute Gasteiger partial charge is 0.238 e. The summed E-state index contributed by atoms with van der Waals surface area (Å²) in [7, 11) is 0. The van der Waals surface area contributed by atoms with Crippen LogP contribution in [-0.4, -0.2) is 43.5 Å². The molecule has 0 radical (unpaired) electrons. The summed E-state index contributed by atoms with van der Waals surface area (Å²) in [6.07, 6.45) is 0. The molecular formula is C20H24ClN3O. The van der Waals surface area contributed by atoms with Crippen LogP contribution in [0.2, 0.25) is 5.02 Å². The number of halogens is 1. The molecule has 1 N–H and O–H groups in total. The van der Waals surface area contributed by atoms with Crippen LogP contribution in [0, 0.1) is 13.8 Å². The van der Waals surface area contributed by atoms with Gasteiger partial charge in [0, 0.05) is 31.9 Å². The van der Waals surface area contributed by atoms with Crippen molar-refractivity contribution in [1.29, 1.82) is 0 Å². The van der Waals surface area contributed by atoms with Gasteiger partial charge in [-0.05, 0) is 37.6 Å². The first-order valence-electron chi connectivity index (χ1n) is 8.62. The second kappa shape index (κ2) is 7.89. The van der Waals surface area contributed by atoms with Gasteiger partial charge in [-0.15, -0.1) is 0 Å². The molecule has 1 fully saturated rings. The maximum atomic E-state index is 12.3. The highest BCUT2D eigenvalue weighted by Crippen LogP contribution is 2.26. The Morgan fingerprint density at radius 3 is 2.48 bits per heavy atom. The summed E-state index contributed by atoms with van der Waals surface area (Å²) in [6, 6.07) is 14.0. The normalized spacial score (nSPS) is 15.2. The third-order valence-corrected chi connectivity index (χ3v) is 4.91. The van der Waals surface area contributed by atoms with Crippen LogP contribution in [0.1, 0.15) is 11.1 Å². The Morgan fingerprint density at radius 1 is 1.08 bits per heavy atom. The molecule has 1 aliphatic rings. The highest BCUT2D eigenvalue weighted by Gasteiger charge is 2.20. The van der Waals surface area contributed by atoms with Crippen molar-refractivity contribution >= 4 is 28.9 Å². The van der Waals surface area contributed by atoms with Gasteiger partial charge in [-0.3, -0.25) is 9.69 Å². The number of benzene rings is 2. The van der Waals surface area contributed by atoms with Gasteiger partial charge in [0.15, 0.2) is 0 Å². The average Bonchev–Trinajstić information content (AvgIpc) is 2.59. The van der Waals surface area contributed by atoms with Gasteiger partial charge in [0.1, 0.15) is 0 Å². The maximum Gasteiger partial charge on any atom is 0.238 e. The van der Waals surface area contributed by atoms with Gasteiger partial charge in [0.25, 0.3) is 0 Å². The van der Waals surface area contributed by atoms with E-state index in [1.54, 1.807) is 0 Å². The zero-order valence-corrected chi connectivity index (χ0v) is 15.5. The number of nitrogens with one attached hydrogen (secondary N) is 1. The summed E-state index contributed by atoms with van der Waals surface area (Å²) in [4.78, 5) is 16.8. The molecule has 0 atom stereocenters. The predicted octanol–water partition coefficient (Wildman–Crippen LogP) is 3.72. The second-order valence-corrected chi connectivity index (χ2v) is 6.99. The lowest BCUT2D eigenvalue weighted by atomic mass is 10.1. The Labute approximate surface area is 154 Å². The number of carbonyl (C=O) groups is 1. The second-order valence-electron chi connectivity index (χ2n) is 6.58. The van der Waals surface area contributed by atoms with Crippen molar-refractivity contribution in [2.24, 2.45) is 0 Å². The van der Waals surface area contributed by atoms with Crippen molar-refractivity contribution in [2.45, 2.75) is 13.8 Å². The number of hydrogen-bond donors (Lipinski definition) is 1. The third-order valence-electron chi connectivity index (χ3n) is 4.59. The van der Waals surface area contributed by atoms with Crippen molar-refractivity contribution in [2.75, 3.05) is 42.9 Å². The van der Waals surface area contributed by atoms with Crippen LogP contribution in [0.5, 0.6) is 0 Å². The molecule has 0 saturated carbocycles. The molecule has 0 bridgehead atoms. The minimum Gasteiger partial charge on any atom is -0.368 e. The Bertz CT molecular complexity index is 754. The molecule has 25 heavy (non-hydrogen) atoms. The van der Waals surface area contributed by atoms with Gasteiger partial charge in [-0.1, -0.05) is 41.4 Å². The van der Waals surface area contributed by atoms with Gasteiger partial charge in [0.05, 0.1) is 17.3 Å². The number of nitrogens with zero attached hydrogens (tertiary/aromatic N) is 2. The van der Waals surface area contributed by atoms with E-state index in [4.69, 9.17) is 11.6 Å². The van der Waals surface area contributed by atoms with Gasteiger partial charge in [0.2, 0.25) is 5.91 Å². The average molecular weight is 358 g/mol. The van der Waals surface area contributed by atoms with Gasteiger partial charge < -0.3 is 10.2 Å². The van der Waals surface area contributed by atoms with E-state index in [0.717, 1.165) is 48.1 Å². The van der Waals surface area contributed by atoms with Crippen molar-refractivity contribution in [3.05, 3.63) is 58.6 Å². The monoisotopic (exact) mass is 357 g/mol. The van der Waals surface area contributed by atoms with E-state index in [-0.39, 0.29) is 5.91 Å². The predicted molar refractivity (Wildman–Crippen MR) is 105 cm³/mol. The van der Waals surface area contributed by atoms with Crippen LogP contribution < -0.4 is 10.2 Å². The van der Waals surface area contributed by atoms with Crippen LogP contribution in [0.3, 0.4) is 0 Å². The molecule has 0 unspecified atom stereocenters. The topological polar surface area (TPSA) is 35.6 Å². The fraction of sp³-hybridized carbons (Fsp3) is 0.350. The largest absolute Gasteiger partial charge is 0.368 e. The summed E-state index contributed by atoms with van der Waals surface area (Å²) < 4.78 is 0. The van der Waals surface area contributed by atoms with Crippen molar-refractivity contribution in [1.82, 2.24) is 4.90 Å². The molecule has 1 amide bonds. The fourth-order valence-corrected chi connectivity index (χ4v) is 3.46. The van der Waals surface area contributed by atoms with Gasteiger partial charge >= 0.3 is 0 Å². The Kier molecular flexibility index (Phi) is 5.61. The lowest BCUT2D eigenvalue weighted by Crippen LogP contribution is -2.48. The van der Waals surface area contributed by atoms with E-state index in [2.05, 4.69) is 28.1 Å². The summed E-state index contributed by atoms with van der Waals surface area (Å²) in [5.74, 6) is 0.0400. The van der Waals surface area contributed by atoms with Crippen molar-refractivity contribution in [3.63, 3.8) is 0 Å². The number of hydrogen-bond acceptors (Lipinski definition) is 3. The summed E-state index contributed by atoms with van der Waals surface area (Å²) in [6.45, 7) is 7.95. The zero-order chi connectivity index (χ0) is 17.8. The first-order valence-corrected chi connectivity index (χ1v) is 8.99. The number of para-hydroxylation sites is 1. The quantitative estimate of drug-likeness (QED) is 0.905. The Hall–Kier alpha value is -2.04. The lowest BCUT2D eigenvalue weighted by molar-refractivity contribution is -0.117. The summed E-state index contributed by atoms with van der Waals surface area (Å²) >= 11 is 6.28. The number of amides is 1. The van der Waals surface area contributed by atoms with Crippen LogP contribution in [0.4, 0.5) is 11.4 Å². The zero-order valence-electron chi connectivity index (χ0n) is 14.8. The molecule has 1 saturated heterocycles. The number of piperazine rings is 1. The summed E-state index contributed by atoms with van der Waals surface area (Å²) in [5, 5.41) is 3.80. The van der Waals surface area contributed by atoms with Crippen LogP contribution in [-0.2, 0) is 4.79 Å². The molecule has 132 valence electrons. The molecule has 0 aliphatic carbocycles. The first-order chi connectivity index (χ1) is 12.0. The van der Waals surface area contributed by atoms with E-state index in [1.165, 1.54) is 5.56 Å². The number of rotatable bonds is 4. The van der Waals surface area contributed by atoms with E-state index in [1.807, 2.05) is 43.3 Å². The minimum atomic E-state index is 0.0400. The molecule has 5 heteroatoms. The van der Waals surface area contributed by atoms with Crippen LogP contribution >= 0.6 is 11.6 Å². The molecule has 2 aromatic rings. The molecule has 3 rings (SSSR count). The van der Waals surface area contributed by atoms with Crippen LogP contribution in [0.15, 0.2) is 42.5 Å². The van der Waals surface area contributed by atoms with E-state index >= 15 is 0 Å². The third kappa shape index (κ3) is 4.53. The molecule has 0 spiro atoms.